The molecule has 190 valence electrons. The molecule has 4 aromatic heterocycles. The summed E-state index contributed by atoms with van der Waals surface area (Å²) in [5.41, 5.74) is -0.277. The average Bonchev–Trinajstić information content (AvgIpc) is 3.50. The lowest BCUT2D eigenvalue weighted by molar-refractivity contribution is -0.289. The van der Waals surface area contributed by atoms with E-state index in [1.807, 2.05) is 6.07 Å². The predicted octanol–water partition coefficient (Wildman–Crippen LogP) is 4.37. The molecular weight excluding hydrogens is 507 g/mol. The van der Waals surface area contributed by atoms with Crippen LogP contribution >= 0.6 is 0 Å². The Kier molecular flexibility index (Phi) is 5.25. The van der Waals surface area contributed by atoms with Gasteiger partial charge in [-0.15, -0.1) is 0 Å². The molecule has 1 aliphatic rings. The second-order valence-corrected chi connectivity index (χ2v) is 10.7. The quantitative estimate of drug-likeness (QED) is 0.359. The number of halogens is 5. The molecule has 0 N–H and O–H groups in total. The molecule has 1 aliphatic carbocycles. The molecule has 36 heavy (non-hydrogen) atoms. The lowest BCUT2D eigenvalue weighted by Crippen LogP contribution is -2.33. The second-order valence-electron chi connectivity index (χ2n) is 8.80. The Hall–Kier alpha value is -3.42. The smallest absolute Gasteiger partial charge is 0.318 e. The van der Waals surface area contributed by atoms with Crippen LogP contribution in [0.3, 0.4) is 0 Å². The third-order valence-electron chi connectivity index (χ3n) is 6.07. The maximum Gasteiger partial charge on any atom is 0.458 e. The van der Waals surface area contributed by atoms with Gasteiger partial charge in [-0.3, -0.25) is 4.98 Å². The van der Waals surface area contributed by atoms with Crippen LogP contribution in [-0.4, -0.2) is 49.9 Å². The van der Waals surface area contributed by atoms with Crippen molar-refractivity contribution in [1.82, 2.24) is 29.1 Å². The van der Waals surface area contributed by atoms with Crippen LogP contribution in [0.1, 0.15) is 30.0 Å². The second kappa shape index (κ2) is 7.79. The van der Waals surface area contributed by atoms with Crippen molar-refractivity contribution in [2.75, 3.05) is 6.26 Å². The van der Waals surface area contributed by atoms with Gasteiger partial charge >= 0.3 is 12.1 Å². The molecule has 1 fully saturated rings. The fraction of sp³-hybridized carbons (Fsp3) is 0.364. The molecule has 0 amide bonds. The molecule has 1 saturated carbocycles. The highest BCUT2D eigenvalue weighted by molar-refractivity contribution is 7.90. The Morgan fingerprint density at radius 3 is 2.19 bits per heavy atom. The van der Waals surface area contributed by atoms with E-state index >= 15 is 0 Å². The summed E-state index contributed by atoms with van der Waals surface area (Å²) in [6, 6.07) is 4.22. The highest BCUT2D eigenvalue weighted by atomic mass is 32.2. The van der Waals surface area contributed by atoms with E-state index in [9.17, 15) is 30.4 Å². The fourth-order valence-electron chi connectivity index (χ4n) is 4.09. The van der Waals surface area contributed by atoms with Crippen LogP contribution in [0.5, 0.6) is 0 Å². The molecule has 0 saturated heterocycles. The normalized spacial score (nSPS) is 15.1. The Morgan fingerprint density at radius 2 is 1.64 bits per heavy atom. The number of rotatable bonds is 5. The van der Waals surface area contributed by atoms with E-state index in [1.165, 1.54) is 23.2 Å². The van der Waals surface area contributed by atoms with Crippen molar-refractivity contribution in [3.05, 3.63) is 41.9 Å². The van der Waals surface area contributed by atoms with E-state index in [2.05, 4.69) is 19.9 Å². The molecule has 14 heteroatoms. The van der Waals surface area contributed by atoms with Gasteiger partial charge in [0.15, 0.2) is 26.3 Å². The number of hydrogen-bond acceptors (Lipinski definition) is 6. The van der Waals surface area contributed by atoms with Gasteiger partial charge in [-0.05, 0) is 31.0 Å². The maximum atomic E-state index is 13.9. The zero-order chi connectivity index (χ0) is 26.2. The Morgan fingerprint density at radius 1 is 0.944 bits per heavy atom. The van der Waals surface area contributed by atoms with Crippen molar-refractivity contribution in [3.8, 4) is 22.9 Å². The fourth-order valence-corrected chi connectivity index (χ4v) is 5.17. The lowest BCUT2D eigenvalue weighted by atomic mass is 10.1. The number of hydrogen-bond donors (Lipinski definition) is 0. The molecule has 0 spiro atoms. The number of sulfone groups is 1. The molecule has 8 nitrogen and oxygen atoms in total. The first-order valence-corrected chi connectivity index (χ1v) is 12.6. The standard InChI is InChI=1S/C22H19F5N6O2S/c1-32-18-15(8-13(10-29-18)21(23,24)22(25,26)27)30-19(32)16-20(36(3,34)35)33(2)17(31-16)12-6-7-14(28-9-12)11-4-5-11/h6-11H,4-5H2,1-3H3. The summed E-state index contributed by atoms with van der Waals surface area (Å²) in [6.45, 7) is 0. The van der Waals surface area contributed by atoms with Gasteiger partial charge in [-0.2, -0.15) is 22.0 Å². The molecule has 0 radical (unpaired) electrons. The summed E-state index contributed by atoms with van der Waals surface area (Å²) in [5, 5.41) is -0.206. The summed E-state index contributed by atoms with van der Waals surface area (Å²) < 4.78 is 94.3. The number of pyridine rings is 2. The minimum atomic E-state index is -5.82. The molecule has 5 rings (SSSR count). The van der Waals surface area contributed by atoms with Crippen LogP contribution in [0, 0.1) is 0 Å². The van der Waals surface area contributed by atoms with Crippen LogP contribution in [0.15, 0.2) is 35.6 Å². The Labute approximate surface area is 201 Å². The molecular formula is C22H19F5N6O2S. The zero-order valence-corrected chi connectivity index (χ0v) is 20.0. The van der Waals surface area contributed by atoms with Crippen LogP contribution in [0.25, 0.3) is 34.1 Å². The lowest BCUT2D eigenvalue weighted by Gasteiger charge is -2.19. The largest absolute Gasteiger partial charge is 0.458 e. The first-order valence-electron chi connectivity index (χ1n) is 10.7. The van der Waals surface area contributed by atoms with Crippen molar-refractivity contribution < 1.29 is 30.4 Å². The van der Waals surface area contributed by atoms with Gasteiger partial charge in [0.2, 0.25) is 0 Å². The van der Waals surface area contributed by atoms with E-state index in [1.54, 1.807) is 12.3 Å². The number of fused-ring (bicyclic) bond motifs is 1. The van der Waals surface area contributed by atoms with Crippen molar-refractivity contribution in [2.45, 2.75) is 35.9 Å². The van der Waals surface area contributed by atoms with Gasteiger partial charge in [0, 0.05) is 49.9 Å². The number of nitrogens with zero attached hydrogens (tertiary/aromatic N) is 6. The number of aromatic nitrogens is 6. The monoisotopic (exact) mass is 526 g/mol. The van der Waals surface area contributed by atoms with Gasteiger partial charge in [0.1, 0.15) is 17.0 Å². The number of alkyl halides is 5. The first-order chi connectivity index (χ1) is 16.7. The minimum Gasteiger partial charge on any atom is -0.318 e. The minimum absolute atomic E-state index is 0.0196. The molecule has 4 aromatic rings. The van der Waals surface area contributed by atoms with E-state index in [0.29, 0.717) is 23.7 Å². The van der Waals surface area contributed by atoms with Crippen LogP contribution in [-0.2, 0) is 29.9 Å². The third kappa shape index (κ3) is 3.83. The number of imidazole rings is 2. The van der Waals surface area contributed by atoms with Gasteiger partial charge < -0.3 is 9.13 Å². The molecule has 0 unspecified atom stereocenters. The van der Waals surface area contributed by atoms with E-state index in [4.69, 9.17) is 0 Å². The summed E-state index contributed by atoms with van der Waals surface area (Å²) >= 11 is 0. The summed E-state index contributed by atoms with van der Waals surface area (Å²) in [4.78, 5) is 16.8. The predicted molar refractivity (Wildman–Crippen MR) is 119 cm³/mol. The Bertz CT molecular complexity index is 1600. The Balaban J connectivity index is 1.67. The van der Waals surface area contributed by atoms with Gasteiger partial charge in [-0.25, -0.2) is 23.4 Å². The van der Waals surface area contributed by atoms with E-state index < -0.39 is 27.5 Å². The molecule has 0 aliphatic heterocycles. The zero-order valence-electron chi connectivity index (χ0n) is 19.2. The molecule has 4 heterocycles. The van der Waals surface area contributed by atoms with Crippen LogP contribution in [0.4, 0.5) is 22.0 Å². The van der Waals surface area contributed by atoms with Crippen molar-refractivity contribution in [1.29, 1.82) is 0 Å². The highest BCUT2D eigenvalue weighted by Gasteiger charge is 2.59. The average molecular weight is 526 g/mol. The van der Waals surface area contributed by atoms with Crippen molar-refractivity contribution in [3.63, 3.8) is 0 Å². The van der Waals surface area contributed by atoms with Crippen LogP contribution < -0.4 is 0 Å². The molecule has 0 aromatic carbocycles. The van der Waals surface area contributed by atoms with E-state index in [0.717, 1.165) is 24.8 Å². The summed E-state index contributed by atoms with van der Waals surface area (Å²) in [6.07, 6.45) is -0.691. The van der Waals surface area contributed by atoms with Crippen molar-refractivity contribution >= 4 is 21.0 Å². The molecule has 0 atom stereocenters. The van der Waals surface area contributed by atoms with Gasteiger partial charge in [0.05, 0.1) is 5.56 Å². The van der Waals surface area contributed by atoms with Crippen LogP contribution in [0.2, 0.25) is 0 Å². The van der Waals surface area contributed by atoms with E-state index in [-0.39, 0.29) is 33.5 Å². The topological polar surface area (TPSA) is 95.6 Å². The summed E-state index contributed by atoms with van der Waals surface area (Å²) in [5.74, 6) is -4.51. The first kappa shape index (κ1) is 24.3. The van der Waals surface area contributed by atoms with Crippen molar-refractivity contribution in [2.24, 2.45) is 14.1 Å². The SMILES string of the molecule is Cn1c(-c2ccc(C3CC3)nc2)nc(-c2nc3cc(C(F)(F)C(F)(F)F)cnc3n2C)c1S(C)(=O)=O. The van der Waals surface area contributed by atoms with Gasteiger partial charge in [-0.1, -0.05) is 0 Å². The van der Waals surface area contributed by atoms with Gasteiger partial charge in [0.25, 0.3) is 0 Å². The molecule has 0 bridgehead atoms. The third-order valence-corrected chi connectivity index (χ3v) is 7.24. The summed E-state index contributed by atoms with van der Waals surface area (Å²) in [7, 11) is -0.942. The number of aryl methyl sites for hydroxylation is 1. The highest BCUT2D eigenvalue weighted by Crippen LogP contribution is 2.44. The maximum absolute atomic E-state index is 13.9.